The van der Waals surface area contributed by atoms with Crippen LogP contribution in [0.15, 0.2) is 0 Å². The van der Waals surface area contributed by atoms with Gasteiger partial charge in [-0.15, -0.1) is 0 Å². The average molecular weight is 793 g/mol. The van der Waals surface area contributed by atoms with Crippen molar-refractivity contribution in [2.45, 2.75) is 284 Å². The minimum Gasteiger partial charge on any atom is -0.462 e. The van der Waals surface area contributed by atoms with Crippen molar-refractivity contribution in [2.75, 3.05) is 13.2 Å². The first kappa shape index (κ1) is 54.4. The third-order valence-electron chi connectivity index (χ3n) is 11.3. The van der Waals surface area contributed by atoms with E-state index in [0.29, 0.717) is 19.3 Å². The van der Waals surface area contributed by atoms with Gasteiger partial charge in [-0.25, -0.2) is 0 Å². The summed E-state index contributed by atoms with van der Waals surface area (Å²) >= 11 is 0. The molecule has 0 N–H and O–H groups in total. The summed E-state index contributed by atoms with van der Waals surface area (Å²) < 4.78 is 16.7. The Bertz CT molecular complexity index is 841. The van der Waals surface area contributed by atoms with E-state index in [1.54, 1.807) is 0 Å². The van der Waals surface area contributed by atoms with Gasteiger partial charge in [-0.05, 0) is 25.2 Å². The fraction of sp³-hybridized carbons (Fsp3) is 0.940. The molecule has 0 aliphatic carbocycles. The monoisotopic (exact) mass is 793 g/mol. The van der Waals surface area contributed by atoms with Gasteiger partial charge in [-0.2, -0.15) is 0 Å². The average Bonchev–Trinajstić information content (AvgIpc) is 3.18. The number of esters is 3. The second kappa shape index (κ2) is 44.5. The highest BCUT2D eigenvalue weighted by Gasteiger charge is 2.19. The zero-order valence-corrected chi connectivity index (χ0v) is 38.1. The maximum Gasteiger partial charge on any atom is 0.306 e. The second-order valence-corrected chi connectivity index (χ2v) is 17.6. The summed E-state index contributed by atoms with van der Waals surface area (Å²) in [7, 11) is 0. The van der Waals surface area contributed by atoms with Crippen molar-refractivity contribution in [3.05, 3.63) is 0 Å². The van der Waals surface area contributed by atoms with Crippen LogP contribution in [-0.4, -0.2) is 37.2 Å². The van der Waals surface area contributed by atoms with Gasteiger partial charge in [-0.3, -0.25) is 14.4 Å². The molecule has 0 spiro atoms. The quantitative estimate of drug-likeness (QED) is 0.0347. The summed E-state index contributed by atoms with van der Waals surface area (Å²) in [4.78, 5) is 37.6. The molecule has 0 bridgehead atoms. The lowest BCUT2D eigenvalue weighted by atomic mass is 10.0. The van der Waals surface area contributed by atoms with E-state index in [1.807, 2.05) is 0 Å². The lowest BCUT2D eigenvalue weighted by Crippen LogP contribution is -2.30. The van der Waals surface area contributed by atoms with Crippen molar-refractivity contribution in [1.29, 1.82) is 0 Å². The van der Waals surface area contributed by atoms with Gasteiger partial charge in [-0.1, -0.05) is 240 Å². The molecule has 332 valence electrons. The molecule has 0 unspecified atom stereocenters. The van der Waals surface area contributed by atoms with Crippen LogP contribution in [0.1, 0.15) is 278 Å². The molecular formula is C50H96O6. The third-order valence-corrected chi connectivity index (χ3v) is 11.3. The van der Waals surface area contributed by atoms with Gasteiger partial charge in [0, 0.05) is 19.3 Å². The first-order valence-corrected chi connectivity index (χ1v) is 24.9. The third kappa shape index (κ3) is 43.5. The van der Waals surface area contributed by atoms with E-state index in [-0.39, 0.29) is 31.1 Å². The van der Waals surface area contributed by atoms with Crippen LogP contribution in [0.4, 0.5) is 0 Å². The molecule has 6 nitrogen and oxygen atoms in total. The number of hydrogen-bond donors (Lipinski definition) is 0. The summed E-state index contributed by atoms with van der Waals surface area (Å²) in [6, 6.07) is 0. The van der Waals surface area contributed by atoms with Crippen molar-refractivity contribution in [3.63, 3.8) is 0 Å². The molecule has 0 saturated heterocycles. The van der Waals surface area contributed by atoms with E-state index < -0.39 is 6.10 Å². The van der Waals surface area contributed by atoms with Gasteiger partial charge in [0.2, 0.25) is 0 Å². The molecule has 0 saturated carbocycles. The molecule has 0 aromatic rings. The fourth-order valence-corrected chi connectivity index (χ4v) is 7.51. The molecule has 0 fully saturated rings. The van der Waals surface area contributed by atoms with Crippen molar-refractivity contribution in [3.8, 4) is 0 Å². The SMILES string of the molecule is CCCCCCCCCCCCC(=O)OC[C@H](COC(=O)CCCCCCCCC)OC(=O)CCCCCCCCCCCCCCCCCCCCC(C)C. The Morgan fingerprint density at radius 1 is 0.339 bits per heavy atom. The van der Waals surface area contributed by atoms with Gasteiger partial charge < -0.3 is 14.2 Å². The smallest absolute Gasteiger partial charge is 0.306 e. The zero-order valence-electron chi connectivity index (χ0n) is 38.1. The Balaban J connectivity index is 4.13. The van der Waals surface area contributed by atoms with E-state index in [2.05, 4.69) is 27.7 Å². The number of hydrogen-bond acceptors (Lipinski definition) is 6. The van der Waals surface area contributed by atoms with Crippen molar-refractivity contribution in [1.82, 2.24) is 0 Å². The molecule has 0 radical (unpaired) electrons. The first-order chi connectivity index (χ1) is 27.4. The summed E-state index contributed by atoms with van der Waals surface area (Å²) in [5, 5.41) is 0. The molecule has 0 aromatic heterocycles. The summed E-state index contributed by atoms with van der Waals surface area (Å²) in [6.07, 6.45) is 45.4. The van der Waals surface area contributed by atoms with Gasteiger partial charge in [0.25, 0.3) is 0 Å². The molecule has 0 aromatic carbocycles. The maximum atomic E-state index is 12.7. The van der Waals surface area contributed by atoms with Crippen molar-refractivity contribution < 1.29 is 28.6 Å². The van der Waals surface area contributed by atoms with Crippen LogP contribution in [0.25, 0.3) is 0 Å². The van der Waals surface area contributed by atoms with E-state index in [0.717, 1.165) is 63.7 Å². The van der Waals surface area contributed by atoms with Crippen molar-refractivity contribution in [2.24, 2.45) is 5.92 Å². The summed E-state index contributed by atoms with van der Waals surface area (Å²) in [6.45, 7) is 8.98. The van der Waals surface area contributed by atoms with Crippen LogP contribution in [0, 0.1) is 5.92 Å². The van der Waals surface area contributed by atoms with E-state index in [9.17, 15) is 14.4 Å². The number of carbonyl (C=O) groups excluding carboxylic acids is 3. The van der Waals surface area contributed by atoms with Crippen LogP contribution in [0.3, 0.4) is 0 Å². The van der Waals surface area contributed by atoms with Crippen LogP contribution in [0.5, 0.6) is 0 Å². The summed E-state index contributed by atoms with van der Waals surface area (Å²) in [5.41, 5.74) is 0. The largest absolute Gasteiger partial charge is 0.462 e. The predicted octanol–water partition coefficient (Wildman–Crippen LogP) is 15.9. The highest BCUT2D eigenvalue weighted by atomic mass is 16.6. The van der Waals surface area contributed by atoms with Crippen LogP contribution in [0.2, 0.25) is 0 Å². The standard InChI is InChI=1S/C50H96O6/c1-5-7-9-11-13-14-26-30-34-38-42-49(52)55-45-47(44-54-48(51)41-37-33-28-12-10-8-6-2)56-50(53)43-39-35-31-27-24-22-20-18-16-15-17-19-21-23-25-29-32-36-40-46(3)4/h46-47H,5-45H2,1-4H3/t47-/m0/s1. The number of ether oxygens (including phenoxy) is 3. The van der Waals surface area contributed by atoms with E-state index >= 15 is 0 Å². The topological polar surface area (TPSA) is 78.9 Å². The highest BCUT2D eigenvalue weighted by Crippen LogP contribution is 2.17. The van der Waals surface area contributed by atoms with Gasteiger partial charge in [0.15, 0.2) is 6.10 Å². The molecule has 1 atom stereocenters. The maximum absolute atomic E-state index is 12.7. The summed E-state index contributed by atoms with van der Waals surface area (Å²) in [5.74, 6) is 0.00195. The molecule has 56 heavy (non-hydrogen) atoms. The molecule has 0 rings (SSSR count). The van der Waals surface area contributed by atoms with Crippen LogP contribution < -0.4 is 0 Å². The molecule has 0 aliphatic rings. The molecule has 0 heterocycles. The Morgan fingerprint density at radius 3 is 0.875 bits per heavy atom. The van der Waals surface area contributed by atoms with Crippen LogP contribution in [-0.2, 0) is 28.6 Å². The van der Waals surface area contributed by atoms with E-state index in [4.69, 9.17) is 14.2 Å². The lowest BCUT2D eigenvalue weighted by molar-refractivity contribution is -0.167. The Morgan fingerprint density at radius 2 is 0.589 bits per heavy atom. The minimum absolute atomic E-state index is 0.0637. The fourth-order valence-electron chi connectivity index (χ4n) is 7.51. The van der Waals surface area contributed by atoms with Gasteiger partial charge in [0.05, 0.1) is 0 Å². The van der Waals surface area contributed by atoms with Gasteiger partial charge in [0.1, 0.15) is 13.2 Å². The van der Waals surface area contributed by atoms with Crippen LogP contribution >= 0.6 is 0 Å². The number of carbonyl (C=O) groups is 3. The van der Waals surface area contributed by atoms with Gasteiger partial charge >= 0.3 is 17.9 Å². The normalized spacial score (nSPS) is 11.9. The Labute approximate surface area is 348 Å². The molecular weight excluding hydrogens is 697 g/mol. The molecule has 0 amide bonds. The molecule has 0 aliphatic heterocycles. The Hall–Kier alpha value is -1.59. The first-order valence-electron chi connectivity index (χ1n) is 24.9. The minimum atomic E-state index is -0.758. The highest BCUT2D eigenvalue weighted by molar-refractivity contribution is 5.71. The second-order valence-electron chi connectivity index (χ2n) is 17.6. The Kier molecular flexibility index (Phi) is 43.2. The zero-order chi connectivity index (χ0) is 41.0. The number of unbranched alkanes of at least 4 members (excludes halogenated alkanes) is 32. The number of rotatable bonds is 45. The predicted molar refractivity (Wildman–Crippen MR) is 238 cm³/mol. The lowest BCUT2D eigenvalue weighted by Gasteiger charge is -2.18. The molecule has 6 heteroatoms. The van der Waals surface area contributed by atoms with Crippen molar-refractivity contribution >= 4 is 17.9 Å². The van der Waals surface area contributed by atoms with E-state index in [1.165, 1.54) is 173 Å².